The van der Waals surface area contributed by atoms with Crippen LogP contribution in [0.1, 0.15) is 31.6 Å². The summed E-state index contributed by atoms with van der Waals surface area (Å²) < 4.78 is 5.72. The van der Waals surface area contributed by atoms with E-state index in [0.29, 0.717) is 26.1 Å². The summed E-state index contributed by atoms with van der Waals surface area (Å²) in [6.07, 6.45) is 3.09. The number of ether oxygens (including phenoxy) is 1. The molecule has 0 radical (unpaired) electrons. The van der Waals surface area contributed by atoms with Crippen LogP contribution in [0.2, 0.25) is 0 Å². The highest BCUT2D eigenvalue weighted by molar-refractivity contribution is 7.19. The Morgan fingerprint density at radius 2 is 1.93 bits per heavy atom. The summed E-state index contributed by atoms with van der Waals surface area (Å²) >= 11 is 1.69. The van der Waals surface area contributed by atoms with E-state index in [4.69, 9.17) is 4.74 Å². The average molecular weight is 425 g/mol. The van der Waals surface area contributed by atoms with Gasteiger partial charge < -0.3 is 15.0 Å². The topological polar surface area (TPSA) is 67.4 Å². The lowest BCUT2D eigenvalue weighted by Crippen LogP contribution is -2.48. The van der Waals surface area contributed by atoms with E-state index in [-0.39, 0.29) is 18.1 Å². The molecule has 1 N–H and O–H groups in total. The summed E-state index contributed by atoms with van der Waals surface area (Å²) in [6, 6.07) is 10.4. The first-order valence-corrected chi connectivity index (χ1v) is 11.3. The van der Waals surface area contributed by atoms with Crippen molar-refractivity contribution >= 4 is 33.3 Å². The molecule has 1 amide bonds. The zero-order chi connectivity index (χ0) is 21.1. The van der Waals surface area contributed by atoms with E-state index in [0.717, 1.165) is 22.5 Å². The Kier molecular flexibility index (Phi) is 6.29. The molecule has 1 aliphatic rings. The molecule has 30 heavy (non-hydrogen) atoms. The van der Waals surface area contributed by atoms with E-state index < -0.39 is 0 Å². The third-order valence-corrected chi connectivity index (χ3v) is 6.37. The van der Waals surface area contributed by atoms with E-state index in [2.05, 4.69) is 34.3 Å². The second-order valence-electron chi connectivity index (χ2n) is 7.89. The highest BCUT2D eigenvalue weighted by atomic mass is 32.1. The molecule has 2 aromatic heterocycles. The highest BCUT2D eigenvalue weighted by Crippen LogP contribution is 2.40. The number of aromatic nitrogens is 2. The Hall–Kier alpha value is -2.51. The summed E-state index contributed by atoms with van der Waals surface area (Å²) in [5.41, 5.74) is 2.36. The van der Waals surface area contributed by atoms with Crippen LogP contribution in [0.3, 0.4) is 0 Å². The van der Waals surface area contributed by atoms with Crippen molar-refractivity contribution in [2.45, 2.75) is 45.8 Å². The van der Waals surface area contributed by atoms with Crippen LogP contribution in [0.4, 0.5) is 5.82 Å². The lowest BCUT2D eigenvalue weighted by molar-refractivity contribution is -0.143. The second-order valence-corrected chi connectivity index (χ2v) is 9.09. The van der Waals surface area contributed by atoms with Gasteiger partial charge in [-0.25, -0.2) is 9.97 Å². The van der Waals surface area contributed by atoms with Gasteiger partial charge in [0.05, 0.1) is 17.6 Å². The molecule has 1 saturated heterocycles. The van der Waals surface area contributed by atoms with E-state index >= 15 is 0 Å². The number of fused-ring (bicyclic) bond motifs is 1. The predicted molar refractivity (Wildman–Crippen MR) is 122 cm³/mol. The van der Waals surface area contributed by atoms with E-state index in [1.807, 2.05) is 36.9 Å². The Balaban J connectivity index is 1.43. The normalized spacial score (nSPS) is 19.2. The number of anilines is 1. The fourth-order valence-electron chi connectivity index (χ4n) is 4.12. The standard InChI is InChI=1S/C23H28N4O2S/c1-15-12-27(13-16(2)29-15)19(28)10-7-11-24-22-21-20(18-8-5-4-6-9-18)17(3)30-23(21)26-14-25-22/h4-6,8-9,14-16H,7,10-13H2,1-3H3,(H,24,25,26). The number of carbonyl (C=O) groups is 1. The fraction of sp³-hybridized carbons (Fsp3) is 0.435. The number of benzene rings is 1. The van der Waals surface area contributed by atoms with Crippen molar-refractivity contribution < 1.29 is 9.53 Å². The first-order valence-electron chi connectivity index (χ1n) is 10.5. The number of hydrogen-bond acceptors (Lipinski definition) is 6. The third-order valence-electron chi connectivity index (χ3n) is 5.36. The van der Waals surface area contributed by atoms with Gasteiger partial charge in [0.25, 0.3) is 0 Å². The predicted octanol–water partition coefficient (Wildman–Crippen LogP) is 4.49. The minimum absolute atomic E-state index is 0.100. The number of thiophene rings is 1. The summed E-state index contributed by atoms with van der Waals surface area (Å²) in [5, 5.41) is 4.51. The van der Waals surface area contributed by atoms with Gasteiger partial charge in [-0.15, -0.1) is 11.3 Å². The van der Waals surface area contributed by atoms with Gasteiger partial charge in [0.2, 0.25) is 5.91 Å². The van der Waals surface area contributed by atoms with Gasteiger partial charge in [-0.1, -0.05) is 30.3 Å². The van der Waals surface area contributed by atoms with Gasteiger partial charge >= 0.3 is 0 Å². The number of morpholine rings is 1. The summed E-state index contributed by atoms with van der Waals surface area (Å²) in [4.78, 5) is 25.7. The average Bonchev–Trinajstić information content (AvgIpc) is 3.07. The van der Waals surface area contributed by atoms with E-state index in [9.17, 15) is 4.79 Å². The Morgan fingerprint density at radius 3 is 2.67 bits per heavy atom. The van der Waals surface area contributed by atoms with Crippen LogP contribution in [0.5, 0.6) is 0 Å². The first kappa shape index (κ1) is 20.8. The summed E-state index contributed by atoms with van der Waals surface area (Å²) in [5.74, 6) is 1.03. The van der Waals surface area contributed by atoms with Crippen LogP contribution in [-0.4, -0.2) is 52.6 Å². The van der Waals surface area contributed by atoms with Gasteiger partial charge in [0.1, 0.15) is 17.0 Å². The number of aryl methyl sites for hydroxylation is 1. The molecule has 0 spiro atoms. The quantitative estimate of drug-likeness (QED) is 0.591. The van der Waals surface area contributed by atoms with Crippen molar-refractivity contribution in [1.29, 1.82) is 0 Å². The second kappa shape index (κ2) is 9.10. The molecule has 6 nitrogen and oxygen atoms in total. The molecule has 2 unspecified atom stereocenters. The fourth-order valence-corrected chi connectivity index (χ4v) is 5.13. The number of hydrogen-bond donors (Lipinski definition) is 1. The Morgan fingerprint density at radius 1 is 1.20 bits per heavy atom. The molecular weight excluding hydrogens is 396 g/mol. The zero-order valence-electron chi connectivity index (χ0n) is 17.7. The smallest absolute Gasteiger partial charge is 0.222 e. The van der Waals surface area contributed by atoms with Crippen LogP contribution in [-0.2, 0) is 9.53 Å². The van der Waals surface area contributed by atoms with Crippen LogP contribution in [0.15, 0.2) is 36.7 Å². The molecule has 1 aliphatic heterocycles. The highest BCUT2D eigenvalue weighted by Gasteiger charge is 2.25. The molecule has 0 bridgehead atoms. The first-order chi connectivity index (χ1) is 14.5. The number of carbonyl (C=O) groups excluding carboxylic acids is 1. The molecule has 2 atom stereocenters. The van der Waals surface area contributed by atoms with Crippen LogP contribution in [0.25, 0.3) is 21.3 Å². The third kappa shape index (κ3) is 4.47. The molecule has 0 aliphatic carbocycles. The number of rotatable bonds is 6. The monoisotopic (exact) mass is 424 g/mol. The molecule has 3 aromatic rings. The molecule has 7 heteroatoms. The molecule has 1 aromatic carbocycles. The lowest BCUT2D eigenvalue weighted by atomic mass is 10.0. The SMILES string of the molecule is Cc1sc2ncnc(NCCCC(=O)N3CC(C)OC(C)C3)c2c1-c1ccccc1. The van der Waals surface area contributed by atoms with Crippen LogP contribution < -0.4 is 5.32 Å². The summed E-state index contributed by atoms with van der Waals surface area (Å²) in [6.45, 7) is 8.21. The van der Waals surface area contributed by atoms with E-state index in [1.165, 1.54) is 16.0 Å². The van der Waals surface area contributed by atoms with Gasteiger partial charge in [-0.2, -0.15) is 0 Å². The molecule has 3 heterocycles. The van der Waals surface area contributed by atoms with Gasteiger partial charge in [0.15, 0.2) is 0 Å². The lowest BCUT2D eigenvalue weighted by Gasteiger charge is -2.35. The van der Waals surface area contributed by atoms with Gasteiger partial charge in [-0.3, -0.25) is 4.79 Å². The van der Waals surface area contributed by atoms with Crippen LogP contribution in [0, 0.1) is 6.92 Å². The summed E-state index contributed by atoms with van der Waals surface area (Å²) in [7, 11) is 0. The van der Waals surface area contributed by atoms with Crippen molar-refractivity contribution in [1.82, 2.24) is 14.9 Å². The van der Waals surface area contributed by atoms with Gasteiger partial charge in [0, 0.05) is 36.5 Å². The largest absolute Gasteiger partial charge is 0.372 e. The number of amides is 1. The van der Waals surface area contributed by atoms with Crippen molar-refractivity contribution in [3.63, 3.8) is 0 Å². The van der Waals surface area contributed by atoms with E-state index in [1.54, 1.807) is 17.7 Å². The Labute approximate surface area is 181 Å². The Bertz CT molecular complexity index is 1010. The molecule has 1 fully saturated rings. The molecular formula is C23H28N4O2S. The van der Waals surface area contributed by atoms with Crippen LogP contribution >= 0.6 is 11.3 Å². The zero-order valence-corrected chi connectivity index (χ0v) is 18.5. The maximum atomic E-state index is 12.6. The molecule has 158 valence electrons. The number of nitrogens with one attached hydrogen (secondary N) is 1. The molecule has 0 saturated carbocycles. The maximum Gasteiger partial charge on any atom is 0.222 e. The van der Waals surface area contributed by atoms with Crippen molar-refractivity contribution in [3.8, 4) is 11.1 Å². The van der Waals surface area contributed by atoms with Gasteiger partial charge in [-0.05, 0) is 32.8 Å². The van der Waals surface area contributed by atoms with Crippen molar-refractivity contribution in [2.75, 3.05) is 25.0 Å². The minimum atomic E-state index is 0.100. The van der Waals surface area contributed by atoms with Crippen molar-refractivity contribution in [2.24, 2.45) is 0 Å². The molecule has 4 rings (SSSR count). The minimum Gasteiger partial charge on any atom is -0.372 e. The maximum absolute atomic E-state index is 12.6. The number of nitrogens with zero attached hydrogens (tertiary/aromatic N) is 3. The van der Waals surface area contributed by atoms with Crippen molar-refractivity contribution in [3.05, 3.63) is 41.5 Å².